The first-order valence-electron chi connectivity index (χ1n) is 7.94. The third kappa shape index (κ3) is 2.57. The van der Waals surface area contributed by atoms with E-state index >= 15 is 0 Å². The molecule has 0 radical (unpaired) electrons. The van der Waals surface area contributed by atoms with Crippen LogP contribution in [0.1, 0.15) is 12.6 Å². The number of aromatic nitrogens is 4. The Morgan fingerprint density at radius 2 is 2.08 bits per heavy atom. The first-order chi connectivity index (χ1) is 11.7. The normalized spacial score (nSPS) is 27.9. The van der Waals surface area contributed by atoms with E-state index in [4.69, 9.17) is 15.2 Å². The minimum Gasteiger partial charge on any atom is -0.394 e. The van der Waals surface area contributed by atoms with Gasteiger partial charge in [-0.1, -0.05) is 0 Å². The van der Waals surface area contributed by atoms with Gasteiger partial charge in [0.15, 0.2) is 17.0 Å². The van der Waals surface area contributed by atoms with E-state index in [1.807, 2.05) is 0 Å². The molecule has 2 aromatic rings. The molecule has 10 nitrogen and oxygen atoms in total. The van der Waals surface area contributed by atoms with E-state index in [0.717, 1.165) is 0 Å². The second-order valence-electron chi connectivity index (χ2n) is 5.94. The lowest BCUT2D eigenvalue weighted by Crippen LogP contribution is -2.37. The van der Waals surface area contributed by atoms with Gasteiger partial charge in [-0.05, 0) is 0 Å². The van der Waals surface area contributed by atoms with Gasteiger partial charge in [0, 0.05) is 19.5 Å². The van der Waals surface area contributed by atoms with Gasteiger partial charge in [0.05, 0.1) is 32.3 Å². The fraction of sp³-hybridized carbons (Fsp3) is 0.643. The van der Waals surface area contributed by atoms with E-state index in [9.17, 15) is 10.2 Å². The van der Waals surface area contributed by atoms with Crippen molar-refractivity contribution in [3.63, 3.8) is 0 Å². The predicted octanol–water partition coefficient (Wildman–Crippen LogP) is -1.11. The highest BCUT2D eigenvalue weighted by Crippen LogP contribution is 2.32. The molecule has 130 valence electrons. The number of morpholine rings is 1. The molecule has 0 spiro atoms. The Morgan fingerprint density at radius 1 is 1.29 bits per heavy atom. The summed E-state index contributed by atoms with van der Waals surface area (Å²) < 4.78 is 12.8. The molecule has 4 heterocycles. The number of nitrogens with zero attached hydrogens (tertiary/aromatic N) is 5. The Hall–Kier alpha value is -2.01. The third-order valence-electron chi connectivity index (χ3n) is 4.43. The molecule has 0 unspecified atom stereocenters. The number of aliphatic hydroxyl groups is 2. The molecule has 0 aliphatic carbocycles. The van der Waals surface area contributed by atoms with Crippen molar-refractivity contribution in [2.45, 2.75) is 24.9 Å². The quantitative estimate of drug-likeness (QED) is 0.638. The summed E-state index contributed by atoms with van der Waals surface area (Å²) in [5.41, 5.74) is 7.08. The van der Waals surface area contributed by atoms with Gasteiger partial charge in [-0.15, -0.1) is 0 Å². The average Bonchev–Trinajstić information content (AvgIpc) is 3.17. The maximum absolute atomic E-state index is 9.94. The molecule has 2 aliphatic heterocycles. The highest BCUT2D eigenvalue weighted by Gasteiger charge is 2.35. The Kier molecular flexibility index (Phi) is 3.96. The Morgan fingerprint density at radius 3 is 2.79 bits per heavy atom. The molecule has 4 rings (SSSR count). The van der Waals surface area contributed by atoms with Gasteiger partial charge in [0.25, 0.3) is 0 Å². The summed E-state index contributed by atoms with van der Waals surface area (Å²) >= 11 is 0. The van der Waals surface area contributed by atoms with Crippen molar-refractivity contribution in [1.82, 2.24) is 19.5 Å². The monoisotopic (exact) mass is 336 g/mol. The van der Waals surface area contributed by atoms with E-state index in [1.54, 1.807) is 10.9 Å². The van der Waals surface area contributed by atoms with E-state index < -0.39 is 18.4 Å². The fourth-order valence-electron chi connectivity index (χ4n) is 3.17. The molecule has 2 aromatic heterocycles. The van der Waals surface area contributed by atoms with Gasteiger partial charge in [-0.2, -0.15) is 9.97 Å². The molecule has 0 saturated carbocycles. The summed E-state index contributed by atoms with van der Waals surface area (Å²) in [4.78, 5) is 15.1. The van der Waals surface area contributed by atoms with E-state index in [0.29, 0.717) is 49.7 Å². The van der Waals surface area contributed by atoms with Crippen molar-refractivity contribution in [3.05, 3.63) is 6.33 Å². The molecular weight excluding hydrogens is 316 g/mol. The molecule has 0 bridgehead atoms. The molecule has 0 amide bonds. The van der Waals surface area contributed by atoms with Crippen LogP contribution >= 0.6 is 0 Å². The van der Waals surface area contributed by atoms with Crippen molar-refractivity contribution in [2.75, 3.05) is 43.5 Å². The lowest BCUT2D eigenvalue weighted by atomic mass is 10.2. The largest absolute Gasteiger partial charge is 0.394 e. The van der Waals surface area contributed by atoms with E-state index in [2.05, 4.69) is 19.9 Å². The van der Waals surface area contributed by atoms with Crippen LogP contribution < -0.4 is 10.6 Å². The predicted molar refractivity (Wildman–Crippen MR) is 84.4 cm³/mol. The third-order valence-corrected chi connectivity index (χ3v) is 4.43. The van der Waals surface area contributed by atoms with Crippen molar-refractivity contribution < 1.29 is 19.7 Å². The van der Waals surface area contributed by atoms with Crippen LogP contribution in [0.15, 0.2) is 6.33 Å². The maximum atomic E-state index is 9.94. The number of rotatable bonds is 3. The maximum Gasteiger partial charge on any atom is 0.224 e. The van der Waals surface area contributed by atoms with Gasteiger partial charge in [0.1, 0.15) is 12.3 Å². The lowest BCUT2D eigenvalue weighted by molar-refractivity contribution is -0.0432. The smallest absolute Gasteiger partial charge is 0.224 e. The van der Waals surface area contributed by atoms with E-state index in [-0.39, 0.29) is 12.6 Å². The summed E-state index contributed by atoms with van der Waals surface area (Å²) in [5.74, 6) is 0.833. The number of nitrogens with two attached hydrogens (primary N) is 1. The van der Waals surface area contributed by atoms with Crippen LogP contribution in [0.5, 0.6) is 0 Å². The van der Waals surface area contributed by atoms with Crippen LogP contribution in [-0.2, 0) is 9.47 Å². The van der Waals surface area contributed by atoms with Gasteiger partial charge >= 0.3 is 0 Å². The molecule has 4 N–H and O–H groups in total. The molecule has 3 atom stereocenters. The fourth-order valence-corrected chi connectivity index (χ4v) is 3.17. The summed E-state index contributed by atoms with van der Waals surface area (Å²) in [6, 6.07) is 0. The number of anilines is 2. The van der Waals surface area contributed by atoms with Gasteiger partial charge in [0.2, 0.25) is 5.95 Å². The Balaban J connectivity index is 1.72. The molecular formula is C14H20N6O4. The topological polar surface area (TPSA) is 132 Å². The van der Waals surface area contributed by atoms with E-state index in [1.165, 1.54) is 0 Å². The molecule has 24 heavy (non-hydrogen) atoms. The van der Waals surface area contributed by atoms with Crippen LogP contribution in [0.3, 0.4) is 0 Å². The number of nitrogen functional groups attached to an aromatic ring is 1. The van der Waals surface area contributed by atoms with Crippen molar-refractivity contribution in [2.24, 2.45) is 0 Å². The van der Waals surface area contributed by atoms with Gasteiger partial charge in [-0.25, -0.2) is 4.98 Å². The first-order valence-corrected chi connectivity index (χ1v) is 7.94. The van der Waals surface area contributed by atoms with Crippen LogP contribution in [0.2, 0.25) is 0 Å². The van der Waals surface area contributed by atoms with Crippen LogP contribution in [0.4, 0.5) is 11.8 Å². The highest BCUT2D eigenvalue weighted by molar-refractivity contribution is 5.84. The zero-order valence-electron chi connectivity index (χ0n) is 13.1. The SMILES string of the molecule is Nc1nc(N2CCOCC2)c2ncn([C@H]3C[C@H](O)[C@@H](CO)O3)c2n1. The second-order valence-corrected chi connectivity index (χ2v) is 5.94. The van der Waals surface area contributed by atoms with Gasteiger partial charge < -0.3 is 30.3 Å². The van der Waals surface area contributed by atoms with Crippen molar-refractivity contribution in [1.29, 1.82) is 0 Å². The van der Waals surface area contributed by atoms with Crippen LogP contribution in [0.25, 0.3) is 11.2 Å². The Bertz CT molecular complexity index is 731. The number of fused-ring (bicyclic) bond motifs is 1. The second kappa shape index (κ2) is 6.13. The number of ether oxygens (including phenoxy) is 2. The number of hydrogen-bond donors (Lipinski definition) is 3. The molecule has 2 fully saturated rings. The number of aliphatic hydroxyl groups excluding tert-OH is 2. The summed E-state index contributed by atoms with van der Waals surface area (Å²) in [7, 11) is 0. The molecule has 0 aromatic carbocycles. The van der Waals surface area contributed by atoms with Crippen LogP contribution in [0, 0.1) is 0 Å². The van der Waals surface area contributed by atoms with Crippen LogP contribution in [-0.4, -0.2) is 74.9 Å². The first kappa shape index (κ1) is 15.5. The summed E-state index contributed by atoms with van der Waals surface area (Å²) in [6.45, 7) is 2.44. The zero-order chi connectivity index (χ0) is 16.7. The average molecular weight is 336 g/mol. The van der Waals surface area contributed by atoms with Crippen molar-refractivity contribution >= 4 is 22.9 Å². The minimum absolute atomic E-state index is 0.156. The number of hydrogen-bond acceptors (Lipinski definition) is 9. The summed E-state index contributed by atoms with van der Waals surface area (Å²) in [6.07, 6.45) is 0.183. The standard InChI is InChI=1S/C14H20N6O4/c15-14-17-12(19-1-3-23-4-2-19)11-13(18-14)20(7-16-11)10-5-8(22)9(6-21)24-10/h7-10,21-22H,1-6H2,(H2,15,17,18)/t8-,9+,10+/m0/s1. The lowest BCUT2D eigenvalue weighted by Gasteiger charge is -2.27. The molecule has 10 heteroatoms. The van der Waals surface area contributed by atoms with Crippen molar-refractivity contribution in [3.8, 4) is 0 Å². The Labute approximate surface area is 137 Å². The highest BCUT2D eigenvalue weighted by atomic mass is 16.5. The van der Waals surface area contributed by atoms with Gasteiger partial charge in [-0.3, -0.25) is 4.57 Å². The zero-order valence-corrected chi connectivity index (χ0v) is 13.1. The minimum atomic E-state index is -0.727. The molecule has 2 saturated heterocycles. The molecule has 2 aliphatic rings. The summed E-state index contributed by atoms with van der Waals surface area (Å²) in [5, 5.41) is 19.2. The number of imidazole rings is 1.